The van der Waals surface area contributed by atoms with Crippen molar-refractivity contribution >= 4 is 28.8 Å². The lowest BCUT2D eigenvalue weighted by atomic mass is 10.2. The molecule has 0 fully saturated rings. The summed E-state index contributed by atoms with van der Waals surface area (Å²) in [5, 5.41) is 1.10. The Morgan fingerprint density at radius 1 is 1.56 bits per heavy atom. The largest absolute Gasteiger partial charge is 0.466 e. The highest BCUT2D eigenvalue weighted by Gasteiger charge is 2.10. The van der Waals surface area contributed by atoms with E-state index < -0.39 is 0 Å². The van der Waals surface area contributed by atoms with Gasteiger partial charge in [0.15, 0.2) is 5.16 Å². The van der Waals surface area contributed by atoms with Gasteiger partial charge in [-0.1, -0.05) is 11.8 Å². The van der Waals surface area contributed by atoms with Crippen LogP contribution in [0.4, 0.5) is 0 Å². The fourth-order valence-corrected chi connectivity index (χ4v) is 2.06. The van der Waals surface area contributed by atoms with Crippen LogP contribution in [0.3, 0.4) is 0 Å². The molecule has 0 unspecified atom stereocenters. The van der Waals surface area contributed by atoms with Gasteiger partial charge in [0.25, 0.3) is 5.56 Å². The average Bonchev–Trinajstić information content (AvgIpc) is 2.72. The van der Waals surface area contributed by atoms with E-state index in [1.807, 2.05) is 6.26 Å². The van der Waals surface area contributed by atoms with Gasteiger partial charge in [0, 0.05) is 19.5 Å². The Morgan fingerprint density at radius 3 is 3.00 bits per heavy atom. The van der Waals surface area contributed by atoms with Gasteiger partial charge < -0.3 is 14.7 Å². The van der Waals surface area contributed by atoms with Crippen LogP contribution >= 0.6 is 11.8 Å². The predicted molar refractivity (Wildman–Crippen MR) is 68.8 cm³/mol. The maximum atomic E-state index is 11.9. The molecule has 0 bridgehead atoms. The molecule has 0 spiro atoms. The van der Waals surface area contributed by atoms with Crippen LogP contribution in [-0.4, -0.2) is 33.8 Å². The molecule has 2 N–H and O–H groups in total. The second kappa shape index (κ2) is 5.26. The number of hydrogen-bond donors (Lipinski definition) is 2. The Kier molecular flexibility index (Phi) is 3.71. The lowest BCUT2D eigenvalue weighted by Crippen LogP contribution is -2.10. The molecular formula is C11H13N3O3S. The Labute approximate surface area is 107 Å². The fraction of sp³-hybridized carbons (Fsp3) is 0.364. The Balaban J connectivity index is 2.30. The van der Waals surface area contributed by atoms with Crippen molar-refractivity contribution in [1.29, 1.82) is 0 Å². The summed E-state index contributed by atoms with van der Waals surface area (Å²) in [6.07, 6.45) is 4.05. The molecule has 2 heterocycles. The van der Waals surface area contributed by atoms with Crippen molar-refractivity contribution in [2.45, 2.75) is 18.5 Å². The minimum atomic E-state index is -0.327. The topological polar surface area (TPSA) is 87.8 Å². The van der Waals surface area contributed by atoms with Crippen molar-refractivity contribution in [1.82, 2.24) is 15.0 Å². The van der Waals surface area contributed by atoms with E-state index in [9.17, 15) is 9.59 Å². The number of rotatable bonds is 4. The third-order valence-electron chi connectivity index (χ3n) is 2.47. The van der Waals surface area contributed by atoms with Crippen molar-refractivity contribution in [3.8, 4) is 0 Å². The molecule has 0 atom stereocenters. The highest BCUT2D eigenvalue weighted by atomic mass is 32.2. The van der Waals surface area contributed by atoms with Crippen LogP contribution in [-0.2, 0) is 16.0 Å². The summed E-state index contributed by atoms with van der Waals surface area (Å²) in [4.78, 5) is 32.5. The lowest BCUT2D eigenvalue weighted by Gasteiger charge is -2.00. The van der Waals surface area contributed by atoms with Gasteiger partial charge in [-0.05, 0) is 11.8 Å². The minimum absolute atomic E-state index is 0.177. The second-order valence-electron chi connectivity index (χ2n) is 3.70. The van der Waals surface area contributed by atoms with E-state index in [0.29, 0.717) is 22.6 Å². The van der Waals surface area contributed by atoms with Gasteiger partial charge in [-0.25, -0.2) is 4.98 Å². The molecular weight excluding hydrogens is 254 g/mol. The summed E-state index contributed by atoms with van der Waals surface area (Å²) in [7, 11) is 0. The molecule has 18 heavy (non-hydrogen) atoms. The predicted octanol–water partition coefficient (Wildman–Crippen LogP) is 1.08. The van der Waals surface area contributed by atoms with E-state index in [1.165, 1.54) is 18.7 Å². The number of aromatic amines is 2. The van der Waals surface area contributed by atoms with Crippen LogP contribution in [0.1, 0.15) is 12.5 Å². The van der Waals surface area contributed by atoms with E-state index >= 15 is 0 Å². The Morgan fingerprint density at radius 2 is 2.33 bits per heavy atom. The first kappa shape index (κ1) is 12.7. The minimum Gasteiger partial charge on any atom is -0.466 e. The smallest absolute Gasteiger partial charge is 0.302 e. The average molecular weight is 267 g/mol. The molecule has 0 saturated heterocycles. The summed E-state index contributed by atoms with van der Waals surface area (Å²) in [5.74, 6) is -0.327. The van der Waals surface area contributed by atoms with Gasteiger partial charge in [-0.3, -0.25) is 9.59 Å². The maximum absolute atomic E-state index is 11.9. The number of ether oxygens (including phenoxy) is 1. The third-order valence-corrected chi connectivity index (χ3v) is 3.05. The van der Waals surface area contributed by atoms with Gasteiger partial charge in [0.05, 0.1) is 12.0 Å². The molecule has 0 aliphatic carbocycles. The van der Waals surface area contributed by atoms with Gasteiger partial charge in [-0.15, -0.1) is 0 Å². The molecule has 2 aromatic rings. The molecule has 6 nitrogen and oxygen atoms in total. The van der Waals surface area contributed by atoms with Crippen LogP contribution in [0.2, 0.25) is 0 Å². The number of hydrogen-bond acceptors (Lipinski definition) is 5. The molecule has 96 valence electrons. The van der Waals surface area contributed by atoms with Crippen molar-refractivity contribution in [3.63, 3.8) is 0 Å². The van der Waals surface area contributed by atoms with E-state index in [1.54, 1.807) is 6.20 Å². The van der Waals surface area contributed by atoms with Gasteiger partial charge in [-0.2, -0.15) is 0 Å². The standard InChI is InChI=1S/C11H13N3O3S/c1-6(15)17-4-3-7-5-12-9-8(7)10(16)14-11(13-9)18-2/h5H,3-4H2,1-2H3,(H2,12,13,14,16). The first-order chi connectivity index (χ1) is 8.61. The van der Waals surface area contributed by atoms with Crippen LogP contribution in [0.15, 0.2) is 16.1 Å². The van der Waals surface area contributed by atoms with Crippen LogP contribution in [0.25, 0.3) is 11.0 Å². The van der Waals surface area contributed by atoms with Gasteiger partial charge in [0.1, 0.15) is 5.65 Å². The molecule has 0 radical (unpaired) electrons. The van der Waals surface area contributed by atoms with E-state index in [4.69, 9.17) is 4.74 Å². The quantitative estimate of drug-likeness (QED) is 0.491. The molecule has 2 rings (SSSR count). The monoisotopic (exact) mass is 267 g/mol. The zero-order valence-corrected chi connectivity index (χ0v) is 10.9. The van der Waals surface area contributed by atoms with E-state index in [-0.39, 0.29) is 18.1 Å². The second-order valence-corrected chi connectivity index (χ2v) is 4.50. The SMILES string of the molecule is CSc1nc2[nH]cc(CCOC(C)=O)c2c(=O)[nH]1. The highest BCUT2D eigenvalue weighted by Crippen LogP contribution is 2.15. The number of fused-ring (bicyclic) bond motifs is 1. The summed E-state index contributed by atoms with van der Waals surface area (Å²) in [5.41, 5.74) is 1.18. The normalized spacial score (nSPS) is 10.8. The summed E-state index contributed by atoms with van der Waals surface area (Å²) in [6, 6.07) is 0. The van der Waals surface area contributed by atoms with Crippen molar-refractivity contribution in [2.24, 2.45) is 0 Å². The zero-order chi connectivity index (χ0) is 13.1. The zero-order valence-electron chi connectivity index (χ0n) is 10.1. The van der Waals surface area contributed by atoms with E-state index in [0.717, 1.165) is 5.56 Å². The number of esters is 1. The first-order valence-electron chi connectivity index (χ1n) is 5.39. The third kappa shape index (κ3) is 2.56. The molecule has 0 aliphatic rings. The van der Waals surface area contributed by atoms with Crippen molar-refractivity contribution in [2.75, 3.05) is 12.9 Å². The molecule has 0 saturated carbocycles. The molecule has 7 heteroatoms. The number of thioether (sulfide) groups is 1. The number of carbonyl (C=O) groups excluding carboxylic acids is 1. The molecule has 0 aliphatic heterocycles. The maximum Gasteiger partial charge on any atom is 0.302 e. The number of H-pyrrole nitrogens is 2. The highest BCUT2D eigenvalue weighted by molar-refractivity contribution is 7.98. The number of carbonyl (C=O) groups is 1. The van der Waals surface area contributed by atoms with Crippen molar-refractivity contribution in [3.05, 3.63) is 22.1 Å². The van der Waals surface area contributed by atoms with Crippen LogP contribution in [0.5, 0.6) is 0 Å². The Bertz CT molecular complexity index is 632. The summed E-state index contributed by atoms with van der Waals surface area (Å²) < 4.78 is 4.86. The van der Waals surface area contributed by atoms with Crippen molar-refractivity contribution < 1.29 is 9.53 Å². The van der Waals surface area contributed by atoms with Crippen LogP contribution < -0.4 is 5.56 Å². The first-order valence-corrected chi connectivity index (χ1v) is 6.62. The molecule has 2 aromatic heterocycles. The van der Waals surface area contributed by atoms with Gasteiger partial charge >= 0.3 is 5.97 Å². The van der Waals surface area contributed by atoms with Gasteiger partial charge in [0.2, 0.25) is 0 Å². The molecule has 0 aromatic carbocycles. The van der Waals surface area contributed by atoms with E-state index in [2.05, 4.69) is 15.0 Å². The summed E-state index contributed by atoms with van der Waals surface area (Å²) in [6.45, 7) is 1.61. The number of nitrogens with one attached hydrogen (secondary N) is 2. The Hall–Kier alpha value is -1.76. The molecule has 0 amide bonds. The number of nitrogens with zero attached hydrogens (tertiary/aromatic N) is 1. The number of aromatic nitrogens is 3. The fourth-order valence-electron chi connectivity index (χ4n) is 1.68. The lowest BCUT2D eigenvalue weighted by molar-refractivity contribution is -0.140. The summed E-state index contributed by atoms with van der Waals surface area (Å²) >= 11 is 1.37. The van der Waals surface area contributed by atoms with Crippen LogP contribution in [0, 0.1) is 0 Å².